The van der Waals surface area contributed by atoms with Crippen LogP contribution in [-0.4, -0.2) is 32.4 Å². The van der Waals surface area contributed by atoms with E-state index < -0.39 is 0 Å². The van der Waals surface area contributed by atoms with Gasteiger partial charge in [0.2, 0.25) is 0 Å². The van der Waals surface area contributed by atoms with Crippen molar-refractivity contribution in [1.29, 1.82) is 0 Å². The van der Waals surface area contributed by atoms with Crippen molar-refractivity contribution in [1.82, 2.24) is 0 Å². The molecule has 0 N–H and O–H groups in total. The van der Waals surface area contributed by atoms with Crippen LogP contribution in [-0.2, 0) is 25.6 Å². The van der Waals surface area contributed by atoms with Crippen LogP contribution in [0.15, 0.2) is 47.7 Å². The van der Waals surface area contributed by atoms with Crippen molar-refractivity contribution >= 4 is 5.97 Å². The minimum absolute atomic E-state index is 0.136. The zero-order valence-electron chi connectivity index (χ0n) is 16.9. The first-order valence-electron chi connectivity index (χ1n) is 9.28. The maximum atomic E-state index is 11.8. The van der Waals surface area contributed by atoms with Gasteiger partial charge in [-0.15, -0.1) is 0 Å². The second-order valence-corrected chi connectivity index (χ2v) is 7.54. The summed E-state index contributed by atoms with van der Waals surface area (Å²) in [5.41, 5.74) is 1.82. The van der Waals surface area contributed by atoms with Crippen molar-refractivity contribution in [2.24, 2.45) is 5.41 Å². The highest BCUT2D eigenvalue weighted by molar-refractivity contribution is 5.83. The standard InChI is InChI=1S/C22H30O5/c1-6-26-21(23)13-17-11-19(27-20(12-17)22(2,3)4)15-25-14-16-7-9-18(24-5)10-8-16/h7-10,12-13,19H,6,11,14-15H2,1-5H3/b17-13+. The highest BCUT2D eigenvalue weighted by Gasteiger charge is 2.28. The van der Waals surface area contributed by atoms with Gasteiger partial charge in [-0.25, -0.2) is 4.79 Å². The Balaban J connectivity index is 1.99. The largest absolute Gasteiger partial charge is 0.497 e. The van der Waals surface area contributed by atoms with Gasteiger partial charge in [0, 0.05) is 17.9 Å². The van der Waals surface area contributed by atoms with Crippen LogP contribution >= 0.6 is 0 Å². The lowest BCUT2D eigenvalue weighted by Gasteiger charge is -2.32. The van der Waals surface area contributed by atoms with Crippen molar-refractivity contribution in [2.45, 2.75) is 46.8 Å². The molecule has 0 saturated heterocycles. The van der Waals surface area contributed by atoms with Gasteiger partial charge in [0.05, 0.1) is 26.9 Å². The Morgan fingerprint density at radius 2 is 1.96 bits per heavy atom. The van der Waals surface area contributed by atoms with Gasteiger partial charge in [-0.3, -0.25) is 0 Å². The Labute approximate surface area is 162 Å². The normalized spacial score (nSPS) is 18.6. The third-order valence-corrected chi connectivity index (χ3v) is 4.13. The zero-order valence-corrected chi connectivity index (χ0v) is 16.9. The third-order valence-electron chi connectivity index (χ3n) is 4.13. The number of esters is 1. The number of hydrogen-bond acceptors (Lipinski definition) is 5. The Hall–Kier alpha value is -2.27. The highest BCUT2D eigenvalue weighted by Crippen LogP contribution is 2.34. The number of rotatable bonds is 7. The van der Waals surface area contributed by atoms with E-state index >= 15 is 0 Å². The van der Waals surface area contributed by atoms with Crippen LogP contribution in [0.1, 0.15) is 39.7 Å². The fourth-order valence-electron chi connectivity index (χ4n) is 2.70. The Morgan fingerprint density at radius 3 is 2.56 bits per heavy atom. The second-order valence-electron chi connectivity index (χ2n) is 7.54. The molecule has 0 amide bonds. The topological polar surface area (TPSA) is 54.0 Å². The first-order chi connectivity index (χ1) is 12.8. The monoisotopic (exact) mass is 374 g/mol. The molecule has 1 aliphatic rings. The highest BCUT2D eigenvalue weighted by atomic mass is 16.5. The number of benzene rings is 1. The quantitative estimate of drug-likeness (QED) is 0.522. The Bertz CT molecular complexity index is 680. The lowest BCUT2D eigenvalue weighted by molar-refractivity contribution is -0.137. The summed E-state index contributed by atoms with van der Waals surface area (Å²) in [7, 11) is 1.65. The predicted octanol–water partition coefficient (Wildman–Crippen LogP) is 4.42. The van der Waals surface area contributed by atoms with Crippen molar-refractivity contribution in [3.05, 3.63) is 53.3 Å². The summed E-state index contributed by atoms with van der Waals surface area (Å²) in [5, 5.41) is 0. The molecule has 1 atom stereocenters. The number of hydrogen-bond donors (Lipinski definition) is 0. The van der Waals surface area contributed by atoms with Gasteiger partial charge in [-0.2, -0.15) is 0 Å². The first kappa shape index (κ1) is 21.0. The molecule has 0 bridgehead atoms. The average molecular weight is 374 g/mol. The van der Waals surface area contributed by atoms with E-state index in [9.17, 15) is 4.79 Å². The summed E-state index contributed by atoms with van der Waals surface area (Å²) in [6.45, 7) is 9.36. The van der Waals surface area contributed by atoms with E-state index in [4.69, 9.17) is 18.9 Å². The number of methoxy groups -OCH3 is 1. The van der Waals surface area contributed by atoms with Crippen LogP contribution in [0.4, 0.5) is 0 Å². The summed E-state index contributed by atoms with van der Waals surface area (Å²) in [6.07, 6.45) is 3.97. The van der Waals surface area contributed by atoms with E-state index in [0.717, 1.165) is 22.6 Å². The Kier molecular flexibility index (Phi) is 7.48. The lowest BCUT2D eigenvalue weighted by atomic mass is 9.89. The van der Waals surface area contributed by atoms with Gasteiger partial charge >= 0.3 is 5.97 Å². The second kappa shape index (κ2) is 9.60. The molecular weight excluding hydrogens is 344 g/mol. The van der Waals surface area contributed by atoms with Gasteiger partial charge in [0.15, 0.2) is 0 Å². The molecule has 27 heavy (non-hydrogen) atoms. The summed E-state index contributed by atoms with van der Waals surface area (Å²) < 4.78 is 22.2. The van der Waals surface area contributed by atoms with Gasteiger partial charge in [-0.05, 0) is 36.3 Å². The van der Waals surface area contributed by atoms with Crippen LogP contribution in [0.5, 0.6) is 5.75 Å². The van der Waals surface area contributed by atoms with Crippen LogP contribution in [0.2, 0.25) is 0 Å². The van der Waals surface area contributed by atoms with Crippen LogP contribution in [0.3, 0.4) is 0 Å². The van der Waals surface area contributed by atoms with Crippen LogP contribution in [0, 0.1) is 5.41 Å². The molecule has 1 aromatic carbocycles. The lowest BCUT2D eigenvalue weighted by Crippen LogP contribution is -2.28. The summed E-state index contributed by atoms with van der Waals surface area (Å²) in [6, 6.07) is 7.78. The van der Waals surface area contributed by atoms with Crippen molar-refractivity contribution in [3.63, 3.8) is 0 Å². The summed E-state index contributed by atoms with van der Waals surface area (Å²) in [5.74, 6) is 1.35. The number of carbonyl (C=O) groups excluding carboxylic acids is 1. The smallest absolute Gasteiger partial charge is 0.331 e. The molecule has 0 fully saturated rings. The fourth-order valence-corrected chi connectivity index (χ4v) is 2.70. The zero-order chi connectivity index (χ0) is 19.9. The van der Waals surface area contributed by atoms with Crippen molar-refractivity contribution in [2.75, 3.05) is 20.3 Å². The molecule has 1 aliphatic heterocycles. The average Bonchev–Trinajstić information content (AvgIpc) is 2.61. The number of allylic oxidation sites excluding steroid dienone is 2. The number of ether oxygens (including phenoxy) is 4. The molecule has 5 nitrogen and oxygen atoms in total. The van der Waals surface area contributed by atoms with Gasteiger partial charge in [-0.1, -0.05) is 32.9 Å². The minimum Gasteiger partial charge on any atom is -0.497 e. The molecule has 0 saturated carbocycles. The molecular formula is C22H30O5. The molecule has 1 heterocycles. The molecule has 0 radical (unpaired) electrons. The molecule has 1 unspecified atom stereocenters. The van der Waals surface area contributed by atoms with E-state index in [1.165, 1.54) is 0 Å². The Morgan fingerprint density at radius 1 is 1.26 bits per heavy atom. The third kappa shape index (κ3) is 6.75. The van der Waals surface area contributed by atoms with E-state index in [2.05, 4.69) is 20.8 Å². The molecule has 1 aromatic rings. The number of carbonyl (C=O) groups is 1. The van der Waals surface area contributed by atoms with Crippen molar-refractivity contribution in [3.8, 4) is 5.75 Å². The molecule has 0 aliphatic carbocycles. The van der Waals surface area contributed by atoms with E-state index in [1.807, 2.05) is 30.3 Å². The molecule has 5 heteroatoms. The van der Waals surface area contributed by atoms with Gasteiger partial charge in [0.25, 0.3) is 0 Å². The van der Waals surface area contributed by atoms with E-state index in [1.54, 1.807) is 20.1 Å². The predicted molar refractivity (Wildman–Crippen MR) is 104 cm³/mol. The van der Waals surface area contributed by atoms with E-state index in [0.29, 0.717) is 26.2 Å². The van der Waals surface area contributed by atoms with E-state index in [-0.39, 0.29) is 17.5 Å². The first-order valence-corrected chi connectivity index (χ1v) is 9.28. The van der Waals surface area contributed by atoms with Gasteiger partial charge in [0.1, 0.15) is 17.6 Å². The maximum Gasteiger partial charge on any atom is 0.331 e. The minimum atomic E-state index is -0.322. The van der Waals surface area contributed by atoms with Gasteiger partial charge < -0.3 is 18.9 Å². The van der Waals surface area contributed by atoms with Crippen LogP contribution < -0.4 is 4.74 Å². The molecule has 0 spiro atoms. The fraction of sp³-hybridized carbons (Fsp3) is 0.500. The SMILES string of the molecule is CCOC(=O)/C=C1/C=C(C(C)(C)C)OC(COCc2ccc(OC)cc2)C1. The molecule has 2 rings (SSSR count). The maximum absolute atomic E-state index is 11.8. The van der Waals surface area contributed by atoms with Crippen molar-refractivity contribution < 1.29 is 23.7 Å². The molecule has 0 aromatic heterocycles. The van der Waals surface area contributed by atoms with Crippen LogP contribution in [0.25, 0.3) is 0 Å². The summed E-state index contributed by atoms with van der Waals surface area (Å²) in [4.78, 5) is 11.8. The molecule has 148 valence electrons. The summed E-state index contributed by atoms with van der Waals surface area (Å²) >= 11 is 0.